The highest BCUT2D eigenvalue weighted by atomic mass is 79.9. The number of carbonyl (C=O) groups excluding carboxylic acids is 1. The molecular formula is C17H15BrN2O4. The van der Waals surface area contributed by atoms with E-state index in [-0.39, 0.29) is 19.1 Å². The second-order valence-electron chi connectivity index (χ2n) is 5.05. The number of nitrogens with zero attached hydrogens (tertiary/aromatic N) is 1. The number of carbonyl (C=O) groups is 1. The van der Waals surface area contributed by atoms with Crippen molar-refractivity contribution in [2.75, 3.05) is 13.9 Å². The smallest absolute Gasteiger partial charge is 0.244 e. The average molecular weight is 391 g/mol. The first-order valence-corrected chi connectivity index (χ1v) is 7.99. The molecule has 0 bridgehead atoms. The zero-order valence-electron chi connectivity index (χ0n) is 12.9. The van der Waals surface area contributed by atoms with Gasteiger partial charge in [-0.2, -0.15) is 5.10 Å². The number of hydrazone groups is 1. The van der Waals surface area contributed by atoms with Gasteiger partial charge in [-0.1, -0.05) is 12.1 Å². The number of amides is 1. The van der Waals surface area contributed by atoms with Crippen LogP contribution in [0.2, 0.25) is 0 Å². The molecule has 0 radical (unpaired) electrons. The number of methoxy groups -OCH3 is 1. The average Bonchev–Trinajstić information content (AvgIpc) is 3.02. The summed E-state index contributed by atoms with van der Waals surface area (Å²) in [5.74, 6) is 1.89. The number of fused-ring (bicyclic) bond motifs is 1. The Labute approximate surface area is 147 Å². The predicted octanol–water partition coefficient (Wildman–Crippen LogP) is 2.88. The monoisotopic (exact) mass is 390 g/mol. The van der Waals surface area contributed by atoms with Gasteiger partial charge in [-0.25, -0.2) is 5.43 Å². The zero-order chi connectivity index (χ0) is 16.9. The van der Waals surface area contributed by atoms with Crippen LogP contribution in [0.25, 0.3) is 0 Å². The topological polar surface area (TPSA) is 69.2 Å². The van der Waals surface area contributed by atoms with E-state index in [4.69, 9.17) is 14.2 Å². The van der Waals surface area contributed by atoms with Crippen molar-refractivity contribution in [1.82, 2.24) is 5.43 Å². The molecule has 1 heterocycles. The van der Waals surface area contributed by atoms with Gasteiger partial charge in [-0.3, -0.25) is 4.79 Å². The summed E-state index contributed by atoms with van der Waals surface area (Å²) in [5.41, 5.74) is 4.17. The van der Waals surface area contributed by atoms with E-state index in [0.29, 0.717) is 11.5 Å². The van der Waals surface area contributed by atoms with Crippen molar-refractivity contribution in [3.05, 3.63) is 52.0 Å². The molecular weight excluding hydrogens is 376 g/mol. The standard InChI is InChI=1S/C17H15BrN2O4/c1-22-13-4-2-11(3-5-13)6-17(21)20-19-9-12-7-15-16(8-14(12)18)24-10-23-15/h2-5,7-9H,6,10H2,1H3,(H,20,21). The first kappa shape index (κ1) is 16.3. The van der Waals surface area contributed by atoms with E-state index >= 15 is 0 Å². The Hall–Kier alpha value is -2.54. The SMILES string of the molecule is COc1ccc(CC(=O)NN=Cc2cc3c(cc2Br)OCO3)cc1. The fourth-order valence-corrected chi connectivity index (χ4v) is 2.60. The molecule has 0 unspecified atom stereocenters. The normalized spacial score (nSPS) is 12.4. The lowest BCUT2D eigenvalue weighted by Crippen LogP contribution is -2.19. The summed E-state index contributed by atoms with van der Waals surface area (Å²) in [4.78, 5) is 11.9. The highest BCUT2D eigenvalue weighted by Crippen LogP contribution is 2.36. The second-order valence-corrected chi connectivity index (χ2v) is 5.90. The summed E-state index contributed by atoms with van der Waals surface area (Å²) in [6.07, 6.45) is 1.79. The van der Waals surface area contributed by atoms with Crippen molar-refractivity contribution in [1.29, 1.82) is 0 Å². The van der Waals surface area contributed by atoms with E-state index in [2.05, 4.69) is 26.5 Å². The molecule has 2 aromatic rings. The molecule has 1 amide bonds. The fourth-order valence-electron chi connectivity index (χ4n) is 2.17. The van der Waals surface area contributed by atoms with Crippen molar-refractivity contribution in [3.8, 4) is 17.2 Å². The van der Waals surface area contributed by atoms with Crippen molar-refractivity contribution >= 4 is 28.1 Å². The number of ether oxygens (including phenoxy) is 3. The third-order valence-corrected chi connectivity index (χ3v) is 4.10. The van der Waals surface area contributed by atoms with Gasteiger partial charge in [0.25, 0.3) is 0 Å². The summed E-state index contributed by atoms with van der Waals surface area (Å²) in [5, 5.41) is 3.98. The first-order chi connectivity index (χ1) is 11.7. The Morgan fingerprint density at radius 2 is 2.00 bits per heavy atom. The van der Waals surface area contributed by atoms with Crippen molar-refractivity contribution in [2.45, 2.75) is 6.42 Å². The van der Waals surface area contributed by atoms with Crippen LogP contribution in [-0.4, -0.2) is 26.0 Å². The van der Waals surface area contributed by atoms with Crippen LogP contribution in [0.4, 0.5) is 0 Å². The van der Waals surface area contributed by atoms with Gasteiger partial charge in [0.05, 0.1) is 19.7 Å². The van der Waals surface area contributed by atoms with Crippen LogP contribution in [-0.2, 0) is 11.2 Å². The summed E-state index contributed by atoms with van der Waals surface area (Å²) in [7, 11) is 1.60. The third kappa shape index (κ3) is 3.86. The van der Waals surface area contributed by atoms with Crippen LogP contribution >= 0.6 is 15.9 Å². The molecule has 1 aliphatic rings. The van der Waals surface area contributed by atoms with Crippen LogP contribution in [0, 0.1) is 0 Å². The highest BCUT2D eigenvalue weighted by Gasteiger charge is 2.15. The van der Waals surface area contributed by atoms with Gasteiger partial charge < -0.3 is 14.2 Å². The van der Waals surface area contributed by atoms with Gasteiger partial charge in [-0.15, -0.1) is 0 Å². The molecule has 2 aromatic carbocycles. The maximum atomic E-state index is 11.9. The number of hydrogen-bond donors (Lipinski definition) is 1. The maximum absolute atomic E-state index is 11.9. The summed E-state index contributed by atoms with van der Waals surface area (Å²) in [6, 6.07) is 10.9. The number of benzene rings is 2. The molecule has 0 aromatic heterocycles. The zero-order valence-corrected chi connectivity index (χ0v) is 14.5. The molecule has 124 valence electrons. The molecule has 1 aliphatic heterocycles. The Morgan fingerprint density at radius 3 is 2.71 bits per heavy atom. The van der Waals surface area contributed by atoms with E-state index in [1.807, 2.05) is 30.3 Å². The van der Waals surface area contributed by atoms with E-state index in [1.54, 1.807) is 19.4 Å². The van der Waals surface area contributed by atoms with Gasteiger partial charge in [0, 0.05) is 10.0 Å². The van der Waals surface area contributed by atoms with E-state index in [1.165, 1.54) is 0 Å². The third-order valence-electron chi connectivity index (χ3n) is 3.41. The molecule has 7 heteroatoms. The lowest BCUT2D eigenvalue weighted by Gasteiger charge is -2.03. The van der Waals surface area contributed by atoms with Gasteiger partial charge in [0.2, 0.25) is 12.7 Å². The van der Waals surface area contributed by atoms with Crippen LogP contribution < -0.4 is 19.6 Å². The minimum Gasteiger partial charge on any atom is -0.497 e. The fraction of sp³-hybridized carbons (Fsp3) is 0.176. The number of nitrogens with one attached hydrogen (secondary N) is 1. The number of halogens is 1. The molecule has 0 fully saturated rings. The summed E-state index contributed by atoms with van der Waals surface area (Å²) >= 11 is 3.43. The summed E-state index contributed by atoms with van der Waals surface area (Å²) in [6.45, 7) is 0.209. The van der Waals surface area contributed by atoms with Gasteiger partial charge in [-0.05, 0) is 45.8 Å². The van der Waals surface area contributed by atoms with Crippen molar-refractivity contribution < 1.29 is 19.0 Å². The molecule has 0 saturated carbocycles. The minimum atomic E-state index is -0.201. The molecule has 0 saturated heterocycles. The Balaban J connectivity index is 1.58. The molecule has 1 N–H and O–H groups in total. The molecule has 3 rings (SSSR count). The number of hydrogen-bond acceptors (Lipinski definition) is 5. The quantitative estimate of drug-likeness (QED) is 0.629. The van der Waals surface area contributed by atoms with E-state index in [0.717, 1.165) is 21.3 Å². The van der Waals surface area contributed by atoms with Gasteiger partial charge in [0.15, 0.2) is 11.5 Å². The molecule has 0 spiro atoms. The molecule has 0 atom stereocenters. The van der Waals surface area contributed by atoms with Crippen molar-refractivity contribution in [3.63, 3.8) is 0 Å². The predicted molar refractivity (Wildman–Crippen MR) is 92.7 cm³/mol. The largest absolute Gasteiger partial charge is 0.497 e. The lowest BCUT2D eigenvalue weighted by molar-refractivity contribution is -0.120. The minimum absolute atomic E-state index is 0.201. The van der Waals surface area contributed by atoms with E-state index in [9.17, 15) is 4.79 Å². The molecule has 0 aliphatic carbocycles. The second kappa shape index (κ2) is 7.35. The van der Waals surface area contributed by atoms with Gasteiger partial charge in [0.1, 0.15) is 5.75 Å². The maximum Gasteiger partial charge on any atom is 0.244 e. The van der Waals surface area contributed by atoms with Gasteiger partial charge >= 0.3 is 0 Å². The van der Waals surface area contributed by atoms with E-state index < -0.39 is 0 Å². The highest BCUT2D eigenvalue weighted by molar-refractivity contribution is 9.10. The van der Waals surface area contributed by atoms with Crippen molar-refractivity contribution in [2.24, 2.45) is 5.10 Å². The Kier molecular flexibility index (Phi) is 5.00. The summed E-state index contributed by atoms with van der Waals surface area (Å²) < 4.78 is 16.5. The van der Waals surface area contributed by atoms with Crippen LogP contribution in [0.5, 0.6) is 17.2 Å². The van der Waals surface area contributed by atoms with Crippen LogP contribution in [0.3, 0.4) is 0 Å². The Bertz CT molecular complexity index is 775. The van der Waals surface area contributed by atoms with Crippen LogP contribution in [0.15, 0.2) is 46.0 Å². The van der Waals surface area contributed by atoms with Crippen LogP contribution in [0.1, 0.15) is 11.1 Å². The Morgan fingerprint density at radius 1 is 1.29 bits per heavy atom. The number of rotatable bonds is 5. The first-order valence-electron chi connectivity index (χ1n) is 7.19. The molecule has 6 nitrogen and oxygen atoms in total. The molecule has 24 heavy (non-hydrogen) atoms. The lowest BCUT2D eigenvalue weighted by atomic mass is 10.1.